The second-order valence-corrected chi connectivity index (χ2v) is 3.48. The van der Waals surface area contributed by atoms with Gasteiger partial charge in [-0.15, -0.1) is 0 Å². The highest BCUT2D eigenvalue weighted by Crippen LogP contribution is 2.32. The summed E-state index contributed by atoms with van der Waals surface area (Å²) in [5.74, 6) is 0.996. The summed E-state index contributed by atoms with van der Waals surface area (Å²) in [4.78, 5) is 10.2. The molecule has 3 nitrogen and oxygen atoms in total. The summed E-state index contributed by atoms with van der Waals surface area (Å²) in [5, 5.41) is 8.36. The first kappa shape index (κ1) is 8.37. The van der Waals surface area contributed by atoms with Gasteiger partial charge in [0.15, 0.2) is 0 Å². The summed E-state index contributed by atoms with van der Waals surface area (Å²) in [6.45, 7) is 4.17. The molecule has 0 saturated heterocycles. The molecule has 1 N–H and O–H groups in total. The van der Waals surface area contributed by atoms with E-state index in [4.69, 9.17) is 9.84 Å². The molecule has 0 aliphatic heterocycles. The van der Waals surface area contributed by atoms with Gasteiger partial charge in [0.05, 0.1) is 0 Å². The molecule has 11 heavy (non-hydrogen) atoms. The molecule has 0 aromatic heterocycles. The van der Waals surface area contributed by atoms with Crippen molar-refractivity contribution in [1.82, 2.24) is 0 Å². The van der Waals surface area contributed by atoms with Crippen LogP contribution in [0.1, 0.15) is 26.7 Å². The average molecular weight is 158 g/mol. The lowest BCUT2D eigenvalue weighted by atomic mass is 10.1. The predicted molar refractivity (Wildman–Crippen MR) is 40.5 cm³/mol. The Bertz CT molecular complexity index is 155. The van der Waals surface area contributed by atoms with Crippen LogP contribution < -0.4 is 0 Å². The van der Waals surface area contributed by atoms with Crippen molar-refractivity contribution in [3.63, 3.8) is 0 Å². The lowest BCUT2D eigenvalue weighted by Crippen LogP contribution is -2.18. The van der Waals surface area contributed by atoms with Crippen LogP contribution in [0.25, 0.3) is 0 Å². The second kappa shape index (κ2) is 3.11. The Hall–Kier alpha value is -0.730. The first-order chi connectivity index (χ1) is 5.09. The van der Waals surface area contributed by atoms with E-state index in [2.05, 4.69) is 6.92 Å². The number of rotatable bonds is 1. The summed E-state index contributed by atoms with van der Waals surface area (Å²) >= 11 is 0. The van der Waals surface area contributed by atoms with Gasteiger partial charge in [0.2, 0.25) is 0 Å². The Kier molecular flexibility index (Phi) is 2.37. The maximum Gasteiger partial charge on any atom is 0.506 e. The van der Waals surface area contributed by atoms with Crippen LogP contribution in [-0.2, 0) is 4.74 Å². The van der Waals surface area contributed by atoms with E-state index in [0.717, 1.165) is 12.8 Å². The van der Waals surface area contributed by atoms with Gasteiger partial charge >= 0.3 is 6.16 Å². The van der Waals surface area contributed by atoms with Crippen molar-refractivity contribution < 1.29 is 14.6 Å². The summed E-state index contributed by atoms with van der Waals surface area (Å²) in [7, 11) is 0. The fraction of sp³-hybridized carbons (Fsp3) is 0.875. The van der Waals surface area contributed by atoms with Crippen LogP contribution in [-0.4, -0.2) is 17.4 Å². The van der Waals surface area contributed by atoms with Crippen molar-refractivity contribution in [3.05, 3.63) is 0 Å². The Morgan fingerprint density at radius 2 is 2.09 bits per heavy atom. The molecule has 1 aliphatic carbocycles. The van der Waals surface area contributed by atoms with E-state index >= 15 is 0 Å². The molecule has 64 valence electrons. The topological polar surface area (TPSA) is 46.5 Å². The standard InChI is InChI=1S/C8H14O3/c1-5-3-6(2)7(4-5)11-8(9)10/h5-7H,3-4H2,1-2H3,(H,9,10)/t5?,6?,7-/m1/s1. The number of hydrogen-bond acceptors (Lipinski definition) is 2. The quantitative estimate of drug-likeness (QED) is 0.594. The van der Waals surface area contributed by atoms with Crippen LogP contribution >= 0.6 is 0 Å². The van der Waals surface area contributed by atoms with Crippen molar-refractivity contribution in [1.29, 1.82) is 0 Å². The van der Waals surface area contributed by atoms with Gasteiger partial charge in [0.1, 0.15) is 6.10 Å². The molecular weight excluding hydrogens is 144 g/mol. The van der Waals surface area contributed by atoms with Gasteiger partial charge in [-0.1, -0.05) is 13.8 Å². The SMILES string of the molecule is CC1CC(C)[C@H](OC(=O)O)C1. The minimum absolute atomic E-state index is 0.0671. The van der Waals surface area contributed by atoms with E-state index in [9.17, 15) is 4.79 Å². The zero-order valence-electron chi connectivity index (χ0n) is 6.91. The molecule has 3 heteroatoms. The number of carbonyl (C=O) groups is 1. The summed E-state index contributed by atoms with van der Waals surface area (Å²) in [6.07, 6.45) is 0.754. The van der Waals surface area contributed by atoms with Crippen LogP contribution in [0.5, 0.6) is 0 Å². The van der Waals surface area contributed by atoms with Crippen molar-refractivity contribution in [2.24, 2.45) is 11.8 Å². The molecule has 1 saturated carbocycles. The number of carboxylic acid groups (broad SMARTS) is 1. The third kappa shape index (κ3) is 2.10. The normalized spacial score (nSPS) is 37.1. The lowest BCUT2D eigenvalue weighted by Gasteiger charge is -2.12. The van der Waals surface area contributed by atoms with E-state index in [-0.39, 0.29) is 6.10 Å². The van der Waals surface area contributed by atoms with Crippen molar-refractivity contribution >= 4 is 6.16 Å². The van der Waals surface area contributed by atoms with Gasteiger partial charge in [-0.05, 0) is 24.7 Å². The van der Waals surface area contributed by atoms with Crippen LogP contribution in [0.4, 0.5) is 4.79 Å². The maximum atomic E-state index is 10.2. The Morgan fingerprint density at radius 1 is 1.45 bits per heavy atom. The lowest BCUT2D eigenvalue weighted by molar-refractivity contribution is 0.0379. The van der Waals surface area contributed by atoms with Gasteiger partial charge in [-0.3, -0.25) is 0 Å². The number of hydrogen-bond donors (Lipinski definition) is 1. The molecule has 2 unspecified atom stereocenters. The molecule has 0 spiro atoms. The molecule has 0 aromatic rings. The van der Waals surface area contributed by atoms with Gasteiger partial charge in [0, 0.05) is 0 Å². The van der Waals surface area contributed by atoms with Crippen molar-refractivity contribution in [2.75, 3.05) is 0 Å². The average Bonchev–Trinajstić information content (AvgIpc) is 2.09. The smallest absolute Gasteiger partial charge is 0.450 e. The zero-order valence-corrected chi connectivity index (χ0v) is 6.91. The van der Waals surface area contributed by atoms with E-state index in [1.54, 1.807) is 0 Å². The highest BCUT2D eigenvalue weighted by molar-refractivity contribution is 5.57. The molecule has 0 amide bonds. The summed E-state index contributed by atoms with van der Waals surface area (Å²) < 4.78 is 4.71. The molecule has 1 aliphatic rings. The van der Waals surface area contributed by atoms with Crippen molar-refractivity contribution in [2.45, 2.75) is 32.8 Å². The van der Waals surface area contributed by atoms with E-state index in [0.29, 0.717) is 11.8 Å². The molecule has 0 bridgehead atoms. The van der Waals surface area contributed by atoms with E-state index in [1.807, 2.05) is 6.92 Å². The number of ether oxygens (including phenoxy) is 1. The van der Waals surface area contributed by atoms with E-state index < -0.39 is 6.16 Å². The van der Waals surface area contributed by atoms with Gasteiger partial charge in [0.25, 0.3) is 0 Å². The van der Waals surface area contributed by atoms with Crippen molar-refractivity contribution in [3.8, 4) is 0 Å². The van der Waals surface area contributed by atoms with Crippen LogP contribution in [0.15, 0.2) is 0 Å². The first-order valence-electron chi connectivity index (χ1n) is 3.99. The van der Waals surface area contributed by atoms with E-state index in [1.165, 1.54) is 0 Å². The molecule has 1 fully saturated rings. The summed E-state index contributed by atoms with van der Waals surface area (Å²) in [5.41, 5.74) is 0. The Labute approximate surface area is 66.4 Å². The monoisotopic (exact) mass is 158 g/mol. The fourth-order valence-electron chi connectivity index (χ4n) is 1.81. The highest BCUT2D eigenvalue weighted by atomic mass is 16.7. The predicted octanol–water partition coefficient (Wildman–Crippen LogP) is 2.12. The zero-order chi connectivity index (χ0) is 8.43. The van der Waals surface area contributed by atoms with Gasteiger partial charge in [-0.2, -0.15) is 0 Å². The third-order valence-corrected chi connectivity index (χ3v) is 2.30. The molecular formula is C8H14O3. The fourth-order valence-corrected chi connectivity index (χ4v) is 1.81. The largest absolute Gasteiger partial charge is 0.506 e. The minimum atomic E-state index is -1.14. The molecule has 0 heterocycles. The maximum absolute atomic E-state index is 10.2. The van der Waals surface area contributed by atoms with Gasteiger partial charge in [-0.25, -0.2) is 4.79 Å². The third-order valence-electron chi connectivity index (χ3n) is 2.30. The first-order valence-corrected chi connectivity index (χ1v) is 3.99. The Morgan fingerprint density at radius 3 is 2.45 bits per heavy atom. The molecule has 1 rings (SSSR count). The molecule has 3 atom stereocenters. The molecule has 0 radical (unpaired) electrons. The second-order valence-electron chi connectivity index (χ2n) is 3.48. The minimum Gasteiger partial charge on any atom is -0.450 e. The van der Waals surface area contributed by atoms with Crippen LogP contribution in [0.2, 0.25) is 0 Å². The van der Waals surface area contributed by atoms with Crippen LogP contribution in [0.3, 0.4) is 0 Å². The van der Waals surface area contributed by atoms with Gasteiger partial charge < -0.3 is 9.84 Å². The summed E-state index contributed by atoms with van der Waals surface area (Å²) in [6, 6.07) is 0. The highest BCUT2D eigenvalue weighted by Gasteiger charge is 2.31. The van der Waals surface area contributed by atoms with Crippen LogP contribution in [0, 0.1) is 11.8 Å². The Balaban J connectivity index is 2.40. The molecule has 0 aromatic carbocycles.